The molecule has 2 aromatic rings. The van der Waals surface area contributed by atoms with Gasteiger partial charge in [-0.05, 0) is 23.3 Å². The highest BCUT2D eigenvalue weighted by atomic mass is 32.2. The van der Waals surface area contributed by atoms with Gasteiger partial charge < -0.3 is 5.73 Å². The molecule has 0 spiro atoms. The molecule has 3 N–H and O–H groups in total. The number of benzene rings is 1. The molecule has 0 bridgehead atoms. The van der Waals surface area contributed by atoms with E-state index in [-0.39, 0.29) is 10.8 Å². The summed E-state index contributed by atoms with van der Waals surface area (Å²) >= 11 is 0.953. The molecule has 1 aromatic heterocycles. The lowest BCUT2D eigenvalue weighted by atomic mass is 10.1. The van der Waals surface area contributed by atoms with Gasteiger partial charge >= 0.3 is 0 Å². The quantitative estimate of drug-likeness (QED) is 0.876. The lowest BCUT2D eigenvalue weighted by Gasteiger charge is -2.05. The van der Waals surface area contributed by atoms with E-state index < -0.39 is 10.0 Å². The van der Waals surface area contributed by atoms with Gasteiger partial charge in [-0.25, -0.2) is 13.1 Å². The summed E-state index contributed by atoms with van der Waals surface area (Å²) in [5.41, 5.74) is 7.34. The third-order valence-electron chi connectivity index (χ3n) is 2.68. The number of nitrogens with zero attached hydrogens (tertiary/aromatic N) is 1. The second-order valence-corrected chi connectivity index (χ2v) is 7.15. The highest BCUT2D eigenvalue weighted by Crippen LogP contribution is 2.20. The number of nitrogens with one attached hydrogen (secondary N) is 1. The lowest BCUT2D eigenvalue weighted by molar-refractivity contribution is 0.583. The van der Waals surface area contributed by atoms with E-state index >= 15 is 0 Å². The van der Waals surface area contributed by atoms with Crippen LogP contribution in [0.4, 0.5) is 0 Å². The van der Waals surface area contributed by atoms with Crippen molar-refractivity contribution in [3.05, 3.63) is 52.4 Å². The Morgan fingerprint density at radius 1 is 1.15 bits per heavy atom. The maximum Gasteiger partial charge on any atom is 0.250 e. The zero-order valence-corrected chi connectivity index (χ0v) is 12.2. The normalized spacial score (nSPS) is 11.2. The van der Waals surface area contributed by atoms with Crippen LogP contribution in [0, 0.1) is 11.3 Å². The number of thiophene rings is 1. The Kier molecular flexibility index (Phi) is 4.52. The van der Waals surface area contributed by atoms with Crippen LogP contribution in [0.5, 0.6) is 0 Å². The van der Waals surface area contributed by atoms with E-state index in [4.69, 9.17) is 11.0 Å². The smallest absolute Gasteiger partial charge is 0.250 e. The molecule has 0 radical (unpaired) electrons. The molecule has 0 saturated heterocycles. The lowest BCUT2D eigenvalue weighted by Crippen LogP contribution is -2.22. The minimum Gasteiger partial charge on any atom is -0.326 e. The zero-order valence-electron chi connectivity index (χ0n) is 10.5. The fourth-order valence-electron chi connectivity index (χ4n) is 1.57. The Bertz CT molecular complexity index is 728. The third-order valence-corrected chi connectivity index (χ3v) is 5.56. The number of sulfonamides is 1. The second-order valence-electron chi connectivity index (χ2n) is 4.08. The van der Waals surface area contributed by atoms with Crippen molar-refractivity contribution in [3.63, 3.8) is 0 Å². The summed E-state index contributed by atoms with van der Waals surface area (Å²) in [6.45, 7) is 0.658. The molecule has 5 nitrogen and oxygen atoms in total. The molecule has 1 heterocycles. The summed E-state index contributed by atoms with van der Waals surface area (Å²) in [6.07, 6.45) is 0. The van der Waals surface area contributed by atoms with Crippen LogP contribution >= 0.6 is 11.3 Å². The number of nitrogens with two attached hydrogens (primary N) is 1. The van der Waals surface area contributed by atoms with Gasteiger partial charge in [-0.1, -0.05) is 24.3 Å². The predicted molar refractivity (Wildman–Crippen MR) is 77.4 cm³/mol. The van der Waals surface area contributed by atoms with Gasteiger partial charge in [0, 0.05) is 13.1 Å². The molecule has 0 saturated carbocycles. The molecule has 0 fully saturated rings. The van der Waals surface area contributed by atoms with Gasteiger partial charge in [-0.3, -0.25) is 0 Å². The van der Waals surface area contributed by atoms with Crippen LogP contribution in [0.2, 0.25) is 0 Å². The Hall–Kier alpha value is -1.72. The van der Waals surface area contributed by atoms with Crippen molar-refractivity contribution in [2.75, 3.05) is 0 Å². The van der Waals surface area contributed by atoms with E-state index in [0.29, 0.717) is 11.4 Å². The number of nitriles is 1. The minimum atomic E-state index is -3.57. The van der Waals surface area contributed by atoms with E-state index in [1.165, 1.54) is 12.1 Å². The van der Waals surface area contributed by atoms with Crippen LogP contribution in [0.3, 0.4) is 0 Å². The van der Waals surface area contributed by atoms with E-state index in [9.17, 15) is 8.42 Å². The molecule has 0 aliphatic rings. The van der Waals surface area contributed by atoms with Crippen LogP contribution in [-0.4, -0.2) is 8.42 Å². The topological polar surface area (TPSA) is 96.0 Å². The van der Waals surface area contributed by atoms with Crippen LogP contribution in [0.25, 0.3) is 0 Å². The Morgan fingerprint density at radius 2 is 1.80 bits per heavy atom. The van der Waals surface area contributed by atoms with Crippen molar-refractivity contribution in [1.82, 2.24) is 4.72 Å². The molecular formula is C13H13N3O2S2. The second kappa shape index (κ2) is 6.15. The van der Waals surface area contributed by atoms with Gasteiger partial charge in [-0.2, -0.15) is 5.26 Å². The summed E-state index contributed by atoms with van der Waals surface area (Å²) < 4.78 is 26.7. The van der Waals surface area contributed by atoms with E-state index in [1.807, 2.05) is 30.3 Å². The van der Waals surface area contributed by atoms with Crippen molar-refractivity contribution in [2.45, 2.75) is 17.3 Å². The van der Waals surface area contributed by atoms with Crippen molar-refractivity contribution in [2.24, 2.45) is 5.73 Å². The molecule has 0 amide bonds. The SMILES string of the molecule is N#Cc1ccc(S(=O)(=O)NCc2ccc(CN)cc2)s1. The van der Waals surface area contributed by atoms with E-state index in [1.54, 1.807) is 0 Å². The largest absolute Gasteiger partial charge is 0.326 e. The van der Waals surface area contributed by atoms with Crippen LogP contribution < -0.4 is 10.5 Å². The summed E-state index contributed by atoms with van der Waals surface area (Å²) in [5, 5.41) is 8.71. The molecule has 0 aliphatic carbocycles. The number of hydrogen-bond acceptors (Lipinski definition) is 5. The first kappa shape index (κ1) is 14.7. The molecule has 1 aromatic carbocycles. The highest BCUT2D eigenvalue weighted by Gasteiger charge is 2.16. The third kappa shape index (κ3) is 3.43. The molecule has 0 aliphatic heterocycles. The zero-order chi connectivity index (χ0) is 14.6. The van der Waals surface area contributed by atoms with Gasteiger partial charge in [0.2, 0.25) is 10.0 Å². The van der Waals surface area contributed by atoms with Crippen molar-refractivity contribution >= 4 is 21.4 Å². The van der Waals surface area contributed by atoms with Gasteiger partial charge in [0.25, 0.3) is 0 Å². The molecule has 2 rings (SSSR count). The molecule has 7 heteroatoms. The first-order chi connectivity index (χ1) is 9.55. The first-order valence-corrected chi connectivity index (χ1v) is 8.12. The average molecular weight is 307 g/mol. The minimum absolute atomic E-state index is 0.146. The van der Waals surface area contributed by atoms with Crippen LogP contribution in [0.1, 0.15) is 16.0 Å². The fourth-order valence-corrected chi connectivity index (χ4v) is 3.73. The van der Waals surface area contributed by atoms with Crippen LogP contribution in [0.15, 0.2) is 40.6 Å². The van der Waals surface area contributed by atoms with Crippen LogP contribution in [-0.2, 0) is 23.1 Å². The summed E-state index contributed by atoms with van der Waals surface area (Å²) in [6, 6.07) is 12.2. The highest BCUT2D eigenvalue weighted by molar-refractivity contribution is 7.91. The van der Waals surface area contributed by atoms with Crippen molar-refractivity contribution in [1.29, 1.82) is 5.26 Å². The van der Waals surface area contributed by atoms with Gasteiger partial charge in [-0.15, -0.1) is 11.3 Å². The fraction of sp³-hybridized carbons (Fsp3) is 0.154. The van der Waals surface area contributed by atoms with Crippen molar-refractivity contribution in [3.8, 4) is 6.07 Å². The predicted octanol–water partition coefficient (Wildman–Crippen LogP) is 1.56. The maximum atomic E-state index is 12.0. The molecule has 104 valence electrons. The summed E-state index contributed by atoms with van der Waals surface area (Å²) in [4.78, 5) is 0.373. The average Bonchev–Trinajstić information content (AvgIpc) is 2.95. The van der Waals surface area contributed by atoms with E-state index in [2.05, 4.69) is 4.72 Å². The summed E-state index contributed by atoms with van der Waals surface area (Å²) in [5.74, 6) is 0. The number of hydrogen-bond donors (Lipinski definition) is 2. The Balaban J connectivity index is 2.07. The van der Waals surface area contributed by atoms with Gasteiger partial charge in [0.15, 0.2) is 0 Å². The molecule has 0 atom stereocenters. The first-order valence-electron chi connectivity index (χ1n) is 5.82. The van der Waals surface area contributed by atoms with E-state index in [0.717, 1.165) is 22.5 Å². The van der Waals surface area contributed by atoms with Gasteiger partial charge in [0.1, 0.15) is 15.2 Å². The number of rotatable bonds is 5. The molecule has 20 heavy (non-hydrogen) atoms. The monoisotopic (exact) mass is 307 g/mol. The molecule has 0 unspecified atom stereocenters. The Morgan fingerprint density at radius 3 is 2.35 bits per heavy atom. The Labute approximate surface area is 121 Å². The summed E-state index contributed by atoms with van der Waals surface area (Å²) in [7, 11) is -3.57. The van der Waals surface area contributed by atoms with Crippen molar-refractivity contribution < 1.29 is 8.42 Å². The standard InChI is InChI=1S/C13H13N3O2S2/c14-7-10-1-3-11(4-2-10)9-16-20(17,18)13-6-5-12(8-15)19-13/h1-6,16H,7,9,14H2. The maximum absolute atomic E-state index is 12.0. The molecular weight excluding hydrogens is 294 g/mol. The van der Waals surface area contributed by atoms with Gasteiger partial charge in [0.05, 0.1) is 0 Å².